The molecule has 252 valence electrons. The van der Waals surface area contributed by atoms with Crippen molar-refractivity contribution in [1.82, 2.24) is 26.6 Å². The molecular weight excluding hydrogens is 616 g/mol. The van der Waals surface area contributed by atoms with Gasteiger partial charge in [0.15, 0.2) is 5.96 Å². The molecule has 47 heavy (non-hydrogen) atoms. The smallest absolute Gasteiger partial charge is 0.413 e. The second kappa shape index (κ2) is 16.4. The van der Waals surface area contributed by atoms with Crippen molar-refractivity contribution in [2.75, 3.05) is 6.54 Å². The Hall–Kier alpha value is -5.87. The van der Waals surface area contributed by atoms with E-state index in [0.717, 1.165) is 0 Å². The lowest BCUT2D eigenvalue weighted by molar-refractivity contribution is -0.157. The number of hydrogen-bond acceptors (Lipinski definition) is 9. The van der Waals surface area contributed by atoms with E-state index >= 15 is 0 Å². The number of nitrogens with one attached hydrogen (secondary N) is 6. The third-order valence-corrected chi connectivity index (χ3v) is 7.16. The maximum Gasteiger partial charge on any atom is 0.413 e. The molecule has 0 aliphatic carbocycles. The zero-order chi connectivity index (χ0) is 34.6. The maximum absolute atomic E-state index is 13.5. The highest BCUT2D eigenvalue weighted by atomic mass is 16.6. The number of carboxylic acids is 1. The summed E-state index contributed by atoms with van der Waals surface area (Å²) in [5.41, 5.74) is 10.1. The molecule has 5 amide bonds. The molecule has 0 bridgehead atoms. The Balaban J connectivity index is 1.79. The van der Waals surface area contributed by atoms with Crippen LogP contribution in [0, 0.1) is 5.41 Å². The van der Waals surface area contributed by atoms with Gasteiger partial charge in [0.1, 0.15) is 23.9 Å². The normalized spacial score (nSPS) is 16.9. The van der Waals surface area contributed by atoms with Gasteiger partial charge in [-0.25, -0.2) is 4.79 Å². The van der Waals surface area contributed by atoms with Crippen LogP contribution >= 0.6 is 0 Å². The quantitative estimate of drug-likeness (QED) is 0.0511. The lowest BCUT2D eigenvalue weighted by Gasteiger charge is -2.40. The standard InChI is InChI=1S/C30H38N8O9/c31-24(42)22(15-17-5-2-1-3-6-17)36-25(43)20(7-4-14-34-28(32)33)35-26(44)21(12-13-23(40)41)37-27(45)30(38-29(46)47-30)16-18-8-10-19(39)11-9-18/h1-3,5-6,8-11,20-22,39H,4,7,12-16H2,(H2,31,42)(H,35,44)(H,36,43)(H,37,45)(H,38,46)(H,40,41)(H4,32,33,34)/t20-,21-,22-,30+/m0/s1. The molecule has 1 heterocycles. The zero-order valence-electron chi connectivity index (χ0n) is 25.3. The number of carboxylic acid groups (broad SMARTS) is 1. The van der Waals surface area contributed by atoms with E-state index < -0.39 is 72.4 Å². The summed E-state index contributed by atoms with van der Waals surface area (Å²) in [5, 5.41) is 38.6. The molecule has 1 saturated heterocycles. The van der Waals surface area contributed by atoms with Gasteiger partial charge in [0.2, 0.25) is 17.7 Å². The van der Waals surface area contributed by atoms with Gasteiger partial charge in [0.05, 0.1) is 0 Å². The van der Waals surface area contributed by atoms with Crippen molar-refractivity contribution in [2.24, 2.45) is 11.5 Å². The SMILES string of the molecule is N=C(N)NCCC[C@H](NC(=O)[C@H](CCC(=O)O)NC(=O)[C@]1(Cc2ccc(O)cc2)NC(=O)O1)C(=O)N[C@@H](Cc1ccccc1)C(N)=O. The first-order chi connectivity index (χ1) is 22.3. The summed E-state index contributed by atoms with van der Waals surface area (Å²) >= 11 is 0. The molecule has 0 saturated carbocycles. The summed E-state index contributed by atoms with van der Waals surface area (Å²) < 4.78 is 5.13. The molecule has 0 aromatic heterocycles. The van der Waals surface area contributed by atoms with Gasteiger partial charge in [0, 0.05) is 25.8 Å². The molecule has 0 spiro atoms. The molecule has 3 rings (SSSR count). The van der Waals surface area contributed by atoms with Crippen LogP contribution < -0.4 is 38.1 Å². The number of ether oxygens (including phenoxy) is 1. The second-order valence-electron chi connectivity index (χ2n) is 10.8. The van der Waals surface area contributed by atoms with Crippen molar-refractivity contribution in [2.45, 2.75) is 62.4 Å². The van der Waals surface area contributed by atoms with Crippen molar-refractivity contribution >= 4 is 41.7 Å². The molecule has 17 nitrogen and oxygen atoms in total. The van der Waals surface area contributed by atoms with Crippen molar-refractivity contribution < 1.29 is 43.7 Å². The lowest BCUT2D eigenvalue weighted by Crippen LogP contribution is -2.72. The molecule has 0 unspecified atom stereocenters. The van der Waals surface area contributed by atoms with Crippen LogP contribution in [0.1, 0.15) is 36.8 Å². The minimum Gasteiger partial charge on any atom is -0.508 e. The summed E-state index contributed by atoms with van der Waals surface area (Å²) in [6.07, 6.45) is -1.76. The molecular formula is C30H38N8O9. The Labute approximate surface area is 269 Å². The average Bonchev–Trinajstić information content (AvgIpc) is 3.00. The first-order valence-electron chi connectivity index (χ1n) is 14.6. The van der Waals surface area contributed by atoms with Crippen LogP contribution in [0.5, 0.6) is 5.75 Å². The fourth-order valence-corrected chi connectivity index (χ4v) is 4.72. The van der Waals surface area contributed by atoms with E-state index in [1.54, 1.807) is 30.3 Å². The third kappa shape index (κ3) is 10.9. The predicted molar refractivity (Wildman–Crippen MR) is 165 cm³/mol. The van der Waals surface area contributed by atoms with Crippen molar-refractivity contribution in [3.63, 3.8) is 0 Å². The number of phenolic OH excluding ortho intramolecular Hbond substituents is 1. The van der Waals surface area contributed by atoms with Crippen LogP contribution in [-0.2, 0) is 41.6 Å². The van der Waals surface area contributed by atoms with Gasteiger partial charge in [0.25, 0.3) is 11.6 Å². The number of rotatable bonds is 18. The van der Waals surface area contributed by atoms with Crippen molar-refractivity contribution in [3.05, 3.63) is 65.7 Å². The number of nitrogens with two attached hydrogens (primary N) is 2. The van der Waals surface area contributed by atoms with Crippen LogP contribution in [0.15, 0.2) is 54.6 Å². The number of aliphatic carboxylic acids is 1. The van der Waals surface area contributed by atoms with Crippen LogP contribution in [0.25, 0.3) is 0 Å². The summed E-state index contributed by atoms with van der Waals surface area (Å²) in [6, 6.07) is 10.6. The fourth-order valence-electron chi connectivity index (χ4n) is 4.72. The monoisotopic (exact) mass is 654 g/mol. The van der Waals surface area contributed by atoms with E-state index in [1.165, 1.54) is 24.3 Å². The number of carbonyl (C=O) groups is 6. The molecule has 2 aromatic carbocycles. The molecule has 1 aliphatic rings. The largest absolute Gasteiger partial charge is 0.508 e. The molecule has 1 fully saturated rings. The zero-order valence-corrected chi connectivity index (χ0v) is 25.3. The fraction of sp³-hybridized carbons (Fsp3) is 0.367. The molecule has 0 radical (unpaired) electrons. The minimum absolute atomic E-state index is 0.0156. The number of phenols is 1. The Morgan fingerprint density at radius 2 is 1.47 bits per heavy atom. The maximum atomic E-state index is 13.5. The van der Waals surface area contributed by atoms with Gasteiger partial charge in [-0.1, -0.05) is 42.5 Å². The highest BCUT2D eigenvalue weighted by Crippen LogP contribution is 2.25. The van der Waals surface area contributed by atoms with Crippen LogP contribution in [0.3, 0.4) is 0 Å². The first-order valence-corrected chi connectivity index (χ1v) is 14.6. The number of primary amides is 1. The number of cyclic esters (lactones) is 1. The van der Waals surface area contributed by atoms with E-state index in [1.807, 2.05) is 0 Å². The van der Waals surface area contributed by atoms with Crippen molar-refractivity contribution in [1.29, 1.82) is 5.41 Å². The minimum atomic E-state index is -1.93. The van der Waals surface area contributed by atoms with Crippen LogP contribution in [0.4, 0.5) is 4.79 Å². The van der Waals surface area contributed by atoms with E-state index in [-0.39, 0.29) is 43.9 Å². The van der Waals surface area contributed by atoms with Crippen LogP contribution in [-0.4, -0.2) is 82.3 Å². The number of carbonyl (C=O) groups excluding carboxylic acids is 5. The Bertz CT molecular complexity index is 1460. The van der Waals surface area contributed by atoms with Gasteiger partial charge in [-0.15, -0.1) is 0 Å². The molecule has 12 N–H and O–H groups in total. The Kier molecular flexibility index (Phi) is 12.5. The Morgan fingerprint density at radius 1 is 0.872 bits per heavy atom. The highest BCUT2D eigenvalue weighted by molar-refractivity contribution is 5.98. The number of benzene rings is 2. The molecule has 4 atom stereocenters. The number of aromatic hydroxyl groups is 1. The average molecular weight is 655 g/mol. The number of amides is 5. The summed E-state index contributed by atoms with van der Waals surface area (Å²) in [5.74, 6) is -5.09. The van der Waals surface area contributed by atoms with Gasteiger partial charge in [-0.2, -0.15) is 0 Å². The molecule has 1 aliphatic heterocycles. The van der Waals surface area contributed by atoms with Crippen LogP contribution in [0.2, 0.25) is 0 Å². The molecule has 17 heteroatoms. The van der Waals surface area contributed by atoms with Gasteiger partial charge in [-0.3, -0.25) is 34.7 Å². The van der Waals surface area contributed by atoms with Crippen molar-refractivity contribution in [3.8, 4) is 5.75 Å². The Morgan fingerprint density at radius 3 is 2.02 bits per heavy atom. The summed E-state index contributed by atoms with van der Waals surface area (Å²) in [6.45, 7) is 0.161. The summed E-state index contributed by atoms with van der Waals surface area (Å²) in [4.78, 5) is 75.7. The van der Waals surface area contributed by atoms with E-state index in [0.29, 0.717) is 11.1 Å². The summed E-state index contributed by atoms with van der Waals surface area (Å²) in [7, 11) is 0. The first kappa shape index (κ1) is 35.6. The number of hydrogen-bond donors (Lipinski definition) is 10. The van der Waals surface area contributed by atoms with E-state index in [4.69, 9.17) is 21.6 Å². The second-order valence-corrected chi connectivity index (χ2v) is 10.8. The van der Waals surface area contributed by atoms with Gasteiger partial charge >= 0.3 is 12.1 Å². The predicted octanol–water partition coefficient (Wildman–Crippen LogP) is -1.32. The molecule has 2 aromatic rings. The van der Waals surface area contributed by atoms with E-state index in [2.05, 4.69) is 26.6 Å². The van der Waals surface area contributed by atoms with E-state index in [9.17, 15) is 39.0 Å². The number of guanidine groups is 1. The highest BCUT2D eigenvalue weighted by Gasteiger charge is 2.53. The lowest BCUT2D eigenvalue weighted by atomic mass is 9.98. The third-order valence-electron chi connectivity index (χ3n) is 7.16. The van der Waals surface area contributed by atoms with Gasteiger partial charge in [-0.05, 0) is 42.5 Å². The van der Waals surface area contributed by atoms with Gasteiger partial charge < -0.3 is 47.7 Å². The topological polar surface area (TPSA) is 288 Å².